The van der Waals surface area contributed by atoms with Crippen LogP contribution in [0.15, 0.2) is 60.7 Å². The molecule has 2 unspecified atom stereocenters. The molecule has 36 heavy (non-hydrogen) atoms. The number of nitrogens with one attached hydrogen (secondary N) is 1. The number of fused-ring (bicyclic) bond motifs is 4. The van der Waals surface area contributed by atoms with Gasteiger partial charge < -0.3 is 19.9 Å². The lowest BCUT2D eigenvalue weighted by molar-refractivity contribution is 0.188. The molecule has 4 heterocycles. The monoisotopic (exact) mass is 479 g/mol. The molecule has 0 spiro atoms. The van der Waals surface area contributed by atoms with Crippen LogP contribution in [0.1, 0.15) is 25.7 Å². The van der Waals surface area contributed by atoms with Crippen molar-refractivity contribution in [2.75, 3.05) is 38.2 Å². The Hall–Kier alpha value is -3.22. The minimum atomic E-state index is 0.435. The molecule has 3 aliphatic rings. The van der Waals surface area contributed by atoms with Gasteiger partial charge in [-0.15, -0.1) is 0 Å². The van der Waals surface area contributed by atoms with Crippen molar-refractivity contribution in [2.24, 2.45) is 0 Å². The van der Waals surface area contributed by atoms with Crippen molar-refractivity contribution in [3.8, 4) is 17.1 Å². The summed E-state index contributed by atoms with van der Waals surface area (Å²) in [4.78, 5) is 14.9. The van der Waals surface area contributed by atoms with Crippen LogP contribution in [-0.4, -0.2) is 66.3 Å². The number of piperazine rings is 1. The molecular formula is C30H33N5O. The lowest BCUT2D eigenvalue weighted by Crippen LogP contribution is -2.52. The van der Waals surface area contributed by atoms with Crippen molar-refractivity contribution in [1.82, 2.24) is 20.2 Å². The number of hydrogen-bond acceptors (Lipinski definition) is 6. The molecule has 1 N–H and O–H groups in total. The predicted molar refractivity (Wildman–Crippen MR) is 146 cm³/mol. The average Bonchev–Trinajstić information content (AvgIpc) is 3.44. The first-order chi connectivity index (χ1) is 17.7. The summed E-state index contributed by atoms with van der Waals surface area (Å²) < 4.78 is 6.30. The van der Waals surface area contributed by atoms with Crippen molar-refractivity contribution >= 4 is 27.5 Å². The molecule has 4 aromatic rings. The Labute approximate surface area is 212 Å². The molecule has 3 fully saturated rings. The van der Waals surface area contributed by atoms with Gasteiger partial charge in [-0.3, -0.25) is 0 Å². The molecule has 1 aromatic heterocycles. The second-order valence-electron chi connectivity index (χ2n) is 10.6. The van der Waals surface area contributed by atoms with Gasteiger partial charge in [-0.25, -0.2) is 0 Å². The summed E-state index contributed by atoms with van der Waals surface area (Å²) in [6, 6.07) is 23.7. The van der Waals surface area contributed by atoms with Gasteiger partial charge in [0, 0.05) is 36.6 Å². The van der Waals surface area contributed by atoms with E-state index >= 15 is 0 Å². The van der Waals surface area contributed by atoms with E-state index in [1.807, 2.05) is 0 Å². The lowest BCUT2D eigenvalue weighted by atomic mass is 9.97. The highest BCUT2D eigenvalue weighted by molar-refractivity contribution is 6.00. The summed E-state index contributed by atoms with van der Waals surface area (Å²) in [5.41, 5.74) is 3.36. The number of benzene rings is 3. The molecule has 2 bridgehead atoms. The van der Waals surface area contributed by atoms with Crippen molar-refractivity contribution in [3.63, 3.8) is 0 Å². The Balaban J connectivity index is 1.33. The van der Waals surface area contributed by atoms with Crippen molar-refractivity contribution in [2.45, 2.75) is 43.8 Å². The number of rotatable bonds is 5. The van der Waals surface area contributed by atoms with E-state index in [9.17, 15) is 0 Å². The summed E-state index contributed by atoms with van der Waals surface area (Å²) in [6.07, 6.45) is 4.82. The zero-order valence-corrected chi connectivity index (χ0v) is 20.9. The first-order valence-corrected chi connectivity index (χ1v) is 13.4. The van der Waals surface area contributed by atoms with Gasteiger partial charge in [-0.1, -0.05) is 48.5 Å². The largest absolute Gasteiger partial charge is 0.462 e. The Bertz CT molecular complexity index is 1400. The molecule has 3 aromatic carbocycles. The van der Waals surface area contributed by atoms with Crippen LogP contribution in [-0.2, 0) is 0 Å². The van der Waals surface area contributed by atoms with E-state index in [2.05, 4.69) is 82.8 Å². The molecule has 6 heteroatoms. The Morgan fingerprint density at radius 1 is 0.917 bits per heavy atom. The Morgan fingerprint density at radius 2 is 1.75 bits per heavy atom. The van der Waals surface area contributed by atoms with Crippen LogP contribution in [0.4, 0.5) is 5.82 Å². The lowest BCUT2D eigenvalue weighted by Gasteiger charge is -2.37. The third-order valence-corrected chi connectivity index (χ3v) is 8.46. The predicted octanol–water partition coefficient (Wildman–Crippen LogP) is 4.86. The SMILES string of the molecule is CN1CCC[C@H]1COc1nc(N2C3CCC2CNC3)c2ccc(-c3cccc4ccccc34)cc2n1. The highest BCUT2D eigenvalue weighted by Crippen LogP contribution is 2.38. The molecule has 0 saturated carbocycles. The smallest absolute Gasteiger partial charge is 0.319 e. The molecule has 184 valence electrons. The molecule has 6 nitrogen and oxygen atoms in total. The Kier molecular flexibility index (Phi) is 5.51. The highest BCUT2D eigenvalue weighted by Gasteiger charge is 2.38. The number of anilines is 1. The number of hydrogen-bond donors (Lipinski definition) is 1. The normalized spacial score (nSPS) is 24.1. The van der Waals surface area contributed by atoms with Gasteiger partial charge in [0.2, 0.25) is 0 Å². The van der Waals surface area contributed by atoms with E-state index in [0.717, 1.165) is 36.4 Å². The number of aromatic nitrogens is 2. The fourth-order valence-electron chi connectivity index (χ4n) is 6.48. The quantitative estimate of drug-likeness (QED) is 0.441. The van der Waals surface area contributed by atoms with E-state index in [4.69, 9.17) is 14.7 Å². The van der Waals surface area contributed by atoms with Gasteiger partial charge in [-0.05, 0) is 73.3 Å². The molecule has 7 rings (SSSR count). The zero-order chi connectivity index (χ0) is 24.1. The van der Waals surface area contributed by atoms with Crippen LogP contribution in [0.5, 0.6) is 6.01 Å². The average molecular weight is 480 g/mol. The van der Waals surface area contributed by atoms with Crippen LogP contribution >= 0.6 is 0 Å². The third-order valence-electron chi connectivity index (χ3n) is 8.46. The molecular weight excluding hydrogens is 446 g/mol. The molecule has 3 aliphatic heterocycles. The van der Waals surface area contributed by atoms with Crippen LogP contribution in [0.3, 0.4) is 0 Å². The maximum absolute atomic E-state index is 6.30. The fraction of sp³-hybridized carbons (Fsp3) is 0.400. The van der Waals surface area contributed by atoms with Crippen molar-refractivity contribution in [1.29, 1.82) is 0 Å². The molecule has 0 radical (unpaired) electrons. The number of nitrogens with zero attached hydrogens (tertiary/aromatic N) is 4. The fourth-order valence-corrected chi connectivity index (χ4v) is 6.48. The number of ether oxygens (including phenoxy) is 1. The van der Waals surface area contributed by atoms with E-state index in [1.165, 1.54) is 47.6 Å². The highest BCUT2D eigenvalue weighted by atomic mass is 16.5. The van der Waals surface area contributed by atoms with Crippen LogP contribution in [0, 0.1) is 0 Å². The standard InChI is InChI=1S/C30H33N5O/c1-34-15-5-8-24(34)19-36-30-32-28-16-21(26-10-4-7-20-6-2-3-9-25(20)26)11-14-27(28)29(33-30)35-22-12-13-23(35)18-31-17-22/h2-4,6-7,9-11,14,16,22-24,31H,5,8,12-13,15,17-19H2,1H3/t22?,23?,24-/m0/s1. The van der Waals surface area contributed by atoms with E-state index in [0.29, 0.717) is 30.7 Å². The molecule has 0 aliphatic carbocycles. The van der Waals surface area contributed by atoms with E-state index in [1.54, 1.807) is 0 Å². The van der Waals surface area contributed by atoms with Gasteiger partial charge in [-0.2, -0.15) is 9.97 Å². The first kappa shape index (κ1) is 22.0. The van der Waals surface area contributed by atoms with Gasteiger partial charge in [0.1, 0.15) is 12.4 Å². The van der Waals surface area contributed by atoms with Gasteiger partial charge in [0.15, 0.2) is 0 Å². The van der Waals surface area contributed by atoms with Gasteiger partial charge in [0.25, 0.3) is 0 Å². The number of likely N-dealkylation sites (N-methyl/N-ethyl adjacent to an activating group) is 1. The zero-order valence-electron chi connectivity index (χ0n) is 20.9. The molecule has 3 saturated heterocycles. The van der Waals surface area contributed by atoms with E-state index < -0.39 is 0 Å². The molecule has 0 amide bonds. The third kappa shape index (κ3) is 3.80. The minimum Gasteiger partial charge on any atom is -0.462 e. The molecule has 3 atom stereocenters. The summed E-state index contributed by atoms with van der Waals surface area (Å²) in [7, 11) is 2.18. The maximum Gasteiger partial charge on any atom is 0.319 e. The van der Waals surface area contributed by atoms with Crippen molar-refractivity contribution < 1.29 is 4.74 Å². The Morgan fingerprint density at radius 3 is 2.58 bits per heavy atom. The van der Waals surface area contributed by atoms with Crippen LogP contribution in [0.2, 0.25) is 0 Å². The first-order valence-electron chi connectivity index (χ1n) is 13.4. The summed E-state index contributed by atoms with van der Waals surface area (Å²) in [6.45, 7) is 3.80. The van der Waals surface area contributed by atoms with E-state index in [-0.39, 0.29) is 0 Å². The van der Waals surface area contributed by atoms with Crippen LogP contribution in [0.25, 0.3) is 32.8 Å². The maximum atomic E-state index is 6.30. The number of likely N-dealkylation sites (tertiary alicyclic amines) is 1. The summed E-state index contributed by atoms with van der Waals surface area (Å²) >= 11 is 0. The second kappa shape index (κ2) is 9.02. The second-order valence-corrected chi connectivity index (χ2v) is 10.6. The van der Waals surface area contributed by atoms with Gasteiger partial charge in [0.05, 0.1) is 5.52 Å². The summed E-state index contributed by atoms with van der Waals surface area (Å²) in [5, 5.41) is 7.23. The summed E-state index contributed by atoms with van der Waals surface area (Å²) in [5.74, 6) is 1.04. The minimum absolute atomic E-state index is 0.435. The van der Waals surface area contributed by atoms with Gasteiger partial charge >= 0.3 is 6.01 Å². The van der Waals surface area contributed by atoms with Crippen molar-refractivity contribution in [3.05, 3.63) is 60.7 Å². The van der Waals surface area contributed by atoms with Crippen LogP contribution < -0.4 is 15.0 Å². The topological polar surface area (TPSA) is 53.5 Å².